The molecule has 2 aromatic carbocycles. The van der Waals surface area contributed by atoms with Crippen LogP contribution in [0.5, 0.6) is 11.5 Å². The third-order valence-electron chi connectivity index (χ3n) is 4.36. The summed E-state index contributed by atoms with van der Waals surface area (Å²) in [7, 11) is 0. The van der Waals surface area contributed by atoms with Gasteiger partial charge in [0, 0.05) is 16.5 Å². The van der Waals surface area contributed by atoms with Gasteiger partial charge in [-0.3, -0.25) is 4.79 Å². The molecule has 0 spiro atoms. The Morgan fingerprint density at radius 3 is 2.53 bits per heavy atom. The van der Waals surface area contributed by atoms with Crippen molar-refractivity contribution < 1.29 is 27.9 Å². The van der Waals surface area contributed by atoms with E-state index in [1.54, 1.807) is 42.5 Å². The first-order chi connectivity index (χ1) is 15.5. The standard InChI is InChI=1S/C23H16ClNO7/c24-15-4-7-16(8-5-15)30-13-21(26)31-17-6-3-14-10-19(23(28)32-20(14)11-17)22(27)25-12-18-2-1-9-29-18/h1-11H,12-13H2,(H,25,27). The number of amides is 1. The van der Waals surface area contributed by atoms with Gasteiger partial charge in [0.05, 0.1) is 12.8 Å². The van der Waals surface area contributed by atoms with E-state index in [0.29, 0.717) is 21.9 Å². The first kappa shape index (κ1) is 21.2. The average molecular weight is 454 g/mol. The number of esters is 1. The van der Waals surface area contributed by atoms with Crippen molar-refractivity contribution in [3.05, 3.63) is 93.7 Å². The van der Waals surface area contributed by atoms with Gasteiger partial charge in [-0.25, -0.2) is 9.59 Å². The molecule has 1 amide bonds. The third kappa shape index (κ3) is 5.16. The fourth-order valence-electron chi connectivity index (χ4n) is 2.82. The van der Waals surface area contributed by atoms with Gasteiger partial charge in [0.15, 0.2) is 6.61 Å². The van der Waals surface area contributed by atoms with Crippen LogP contribution in [0.3, 0.4) is 0 Å². The molecule has 1 N–H and O–H groups in total. The van der Waals surface area contributed by atoms with E-state index in [9.17, 15) is 14.4 Å². The predicted octanol–water partition coefficient (Wildman–Crippen LogP) is 3.95. The Morgan fingerprint density at radius 1 is 1.00 bits per heavy atom. The maximum Gasteiger partial charge on any atom is 0.349 e. The lowest BCUT2D eigenvalue weighted by molar-refractivity contribution is -0.136. The van der Waals surface area contributed by atoms with E-state index in [1.807, 2.05) is 0 Å². The second kappa shape index (κ2) is 9.40. The number of benzene rings is 2. The summed E-state index contributed by atoms with van der Waals surface area (Å²) in [5.41, 5.74) is -0.796. The van der Waals surface area contributed by atoms with E-state index in [1.165, 1.54) is 24.5 Å². The van der Waals surface area contributed by atoms with Crippen molar-refractivity contribution in [3.63, 3.8) is 0 Å². The summed E-state index contributed by atoms with van der Waals surface area (Å²) in [5, 5.41) is 3.63. The molecule has 4 aromatic rings. The van der Waals surface area contributed by atoms with E-state index >= 15 is 0 Å². The topological polar surface area (TPSA) is 108 Å². The summed E-state index contributed by atoms with van der Waals surface area (Å²) < 4.78 is 20.9. The summed E-state index contributed by atoms with van der Waals surface area (Å²) in [6.45, 7) is -0.186. The van der Waals surface area contributed by atoms with Crippen molar-refractivity contribution in [1.82, 2.24) is 5.32 Å². The van der Waals surface area contributed by atoms with Gasteiger partial charge in [-0.1, -0.05) is 11.6 Å². The van der Waals surface area contributed by atoms with E-state index in [4.69, 9.17) is 29.9 Å². The first-order valence-electron chi connectivity index (χ1n) is 9.45. The summed E-state index contributed by atoms with van der Waals surface area (Å²) in [6, 6.07) is 15.8. The van der Waals surface area contributed by atoms with Crippen molar-refractivity contribution in [1.29, 1.82) is 0 Å². The van der Waals surface area contributed by atoms with E-state index < -0.39 is 17.5 Å². The first-order valence-corrected chi connectivity index (χ1v) is 9.83. The zero-order valence-electron chi connectivity index (χ0n) is 16.5. The normalized spacial score (nSPS) is 10.7. The molecule has 0 atom stereocenters. The van der Waals surface area contributed by atoms with Crippen LogP contribution in [-0.2, 0) is 11.3 Å². The number of carbonyl (C=O) groups is 2. The van der Waals surface area contributed by atoms with E-state index in [-0.39, 0.29) is 30.0 Å². The highest BCUT2D eigenvalue weighted by atomic mass is 35.5. The molecule has 0 saturated heterocycles. The van der Waals surface area contributed by atoms with Crippen LogP contribution in [0, 0.1) is 0 Å². The van der Waals surface area contributed by atoms with Gasteiger partial charge in [0.2, 0.25) is 0 Å². The number of hydrogen-bond acceptors (Lipinski definition) is 7. The van der Waals surface area contributed by atoms with Gasteiger partial charge in [-0.15, -0.1) is 0 Å². The molecule has 0 radical (unpaired) electrons. The smallest absolute Gasteiger partial charge is 0.349 e. The molecular weight excluding hydrogens is 438 g/mol. The molecule has 9 heteroatoms. The molecule has 162 valence electrons. The molecule has 2 heterocycles. The second-order valence-corrected chi connectivity index (χ2v) is 7.06. The SMILES string of the molecule is O=C(COc1ccc(Cl)cc1)Oc1ccc2cc(C(=O)NCc3ccco3)c(=O)oc2c1. The van der Waals surface area contributed by atoms with Gasteiger partial charge in [0.1, 0.15) is 28.4 Å². The monoisotopic (exact) mass is 453 g/mol. The molecule has 32 heavy (non-hydrogen) atoms. The van der Waals surface area contributed by atoms with Crippen molar-refractivity contribution in [3.8, 4) is 11.5 Å². The molecule has 0 bridgehead atoms. The molecular formula is C23H16ClNO7. The molecule has 0 aliphatic heterocycles. The van der Waals surface area contributed by atoms with Crippen LogP contribution in [0.2, 0.25) is 5.02 Å². The zero-order chi connectivity index (χ0) is 22.5. The van der Waals surface area contributed by atoms with E-state index in [0.717, 1.165) is 0 Å². The number of furan rings is 1. The lowest BCUT2D eigenvalue weighted by atomic mass is 10.1. The Morgan fingerprint density at radius 2 is 1.78 bits per heavy atom. The number of ether oxygens (including phenoxy) is 2. The van der Waals surface area contributed by atoms with Crippen molar-refractivity contribution in [2.75, 3.05) is 6.61 Å². The minimum atomic E-state index is -0.816. The largest absolute Gasteiger partial charge is 0.482 e. The summed E-state index contributed by atoms with van der Waals surface area (Å²) >= 11 is 5.80. The van der Waals surface area contributed by atoms with Gasteiger partial charge in [-0.05, 0) is 54.6 Å². The van der Waals surface area contributed by atoms with Gasteiger partial charge in [-0.2, -0.15) is 0 Å². The van der Waals surface area contributed by atoms with Crippen LogP contribution in [0.1, 0.15) is 16.1 Å². The van der Waals surface area contributed by atoms with Crippen LogP contribution in [-0.4, -0.2) is 18.5 Å². The fourth-order valence-corrected chi connectivity index (χ4v) is 2.95. The number of nitrogens with one attached hydrogen (secondary N) is 1. The Balaban J connectivity index is 1.41. The highest BCUT2D eigenvalue weighted by Crippen LogP contribution is 2.21. The van der Waals surface area contributed by atoms with Crippen LogP contribution in [0.4, 0.5) is 0 Å². The number of rotatable bonds is 7. The van der Waals surface area contributed by atoms with Crippen molar-refractivity contribution in [2.24, 2.45) is 0 Å². The molecule has 0 aliphatic rings. The van der Waals surface area contributed by atoms with Gasteiger partial charge >= 0.3 is 11.6 Å². The Kier molecular flexibility index (Phi) is 6.23. The van der Waals surface area contributed by atoms with E-state index in [2.05, 4.69) is 5.32 Å². The van der Waals surface area contributed by atoms with Crippen LogP contribution < -0.4 is 20.4 Å². The number of hydrogen-bond donors (Lipinski definition) is 1. The molecule has 8 nitrogen and oxygen atoms in total. The summed E-state index contributed by atoms with van der Waals surface area (Å²) in [5.74, 6) is -0.0495. The number of halogens is 1. The molecule has 0 aliphatic carbocycles. The minimum Gasteiger partial charge on any atom is -0.482 e. The number of fused-ring (bicyclic) bond motifs is 1. The summed E-state index contributed by atoms with van der Waals surface area (Å²) in [4.78, 5) is 36.6. The van der Waals surface area contributed by atoms with Crippen LogP contribution in [0.15, 0.2) is 80.6 Å². The van der Waals surface area contributed by atoms with Crippen LogP contribution >= 0.6 is 11.6 Å². The average Bonchev–Trinajstić information content (AvgIpc) is 3.30. The minimum absolute atomic E-state index is 0.135. The lowest BCUT2D eigenvalue weighted by Crippen LogP contribution is -2.27. The molecule has 0 unspecified atom stereocenters. The van der Waals surface area contributed by atoms with Crippen molar-refractivity contribution >= 4 is 34.4 Å². The third-order valence-corrected chi connectivity index (χ3v) is 4.61. The van der Waals surface area contributed by atoms with Gasteiger partial charge in [0.25, 0.3) is 5.91 Å². The Labute approximate surface area is 186 Å². The fraction of sp³-hybridized carbons (Fsp3) is 0.0870. The van der Waals surface area contributed by atoms with Gasteiger partial charge < -0.3 is 23.6 Å². The quantitative estimate of drug-likeness (QED) is 0.256. The Hall–Kier alpha value is -4.04. The zero-order valence-corrected chi connectivity index (χ0v) is 17.3. The molecule has 0 fully saturated rings. The van der Waals surface area contributed by atoms with Crippen LogP contribution in [0.25, 0.3) is 11.0 Å². The highest BCUT2D eigenvalue weighted by Gasteiger charge is 2.15. The molecule has 0 saturated carbocycles. The molecule has 4 rings (SSSR count). The highest BCUT2D eigenvalue weighted by molar-refractivity contribution is 6.30. The number of carbonyl (C=O) groups excluding carboxylic acids is 2. The maximum atomic E-state index is 12.3. The second-order valence-electron chi connectivity index (χ2n) is 6.63. The molecule has 2 aromatic heterocycles. The predicted molar refractivity (Wildman–Crippen MR) is 115 cm³/mol. The summed E-state index contributed by atoms with van der Waals surface area (Å²) in [6.07, 6.45) is 1.49. The van der Waals surface area contributed by atoms with Crippen molar-refractivity contribution in [2.45, 2.75) is 6.54 Å². The Bertz CT molecular complexity index is 1310. The maximum absolute atomic E-state index is 12.3. The lowest BCUT2D eigenvalue weighted by Gasteiger charge is -2.08.